The first kappa shape index (κ1) is 10.3. The van der Waals surface area contributed by atoms with Crippen LogP contribution in [0.2, 0.25) is 0 Å². The lowest BCUT2D eigenvalue weighted by atomic mass is 10.2. The van der Waals surface area contributed by atoms with Gasteiger partial charge in [0.1, 0.15) is 6.04 Å². The third-order valence-corrected chi connectivity index (χ3v) is 1.04. The molecule has 0 bridgehead atoms. The van der Waals surface area contributed by atoms with Crippen LogP contribution >= 0.6 is 0 Å². The van der Waals surface area contributed by atoms with Crippen LogP contribution in [0.15, 0.2) is 12.4 Å². The van der Waals surface area contributed by atoms with Crippen LogP contribution in [0.1, 0.15) is 6.42 Å². The molecule has 0 aliphatic carbocycles. The molecule has 0 aromatic rings. The van der Waals surface area contributed by atoms with E-state index < -0.39 is 24.4 Å². The summed E-state index contributed by atoms with van der Waals surface area (Å²) in [6.07, 6.45) is -0.536. The van der Waals surface area contributed by atoms with E-state index >= 15 is 0 Å². The van der Waals surface area contributed by atoms with Crippen molar-refractivity contribution in [3.8, 4) is 0 Å². The fourth-order valence-corrected chi connectivity index (χ4v) is 0.598. The van der Waals surface area contributed by atoms with E-state index in [0.717, 1.165) is 0 Å². The molecule has 68 valence electrons. The van der Waals surface area contributed by atoms with Gasteiger partial charge in [0.05, 0.1) is 12.2 Å². The number of carbonyl (C=O) groups is 2. The molecule has 0 aliphatic rings. The van der Waals surface area contributed by atoms with Crippen molar-refractivity contribution >= 4 is 11.9 Å². The number of aliphatic carboxylic acids is 2. The molecule has 0 aliphatic heterocycles. The van der Waals surface area contributed by atoms with Gasteiger partial charge in [-0.15, -0.1) is 0 Å². The van der Waals surface area contributed by atoms with Gasteiger partial charge in [-0.1, -0.05) is 6.58 Å². The molecule has 0 heterocycles. The monoisotopic (exact) mass is 174 g/mol. The van der Waals surface area contributed by atoms with Crippen LogP contribution in [0.25, 0.3) is 0 Å². The largest absolute Gasteiger partial charge is 0.481 e. The van der Waals surface area contributed by atoms with Crippen molar-refractivity contribution in [3.63, 3.8) is 0 Å². The van der Waals surface area contributed by atoms with Crippen molar-refractivity contribution in [2.45, 2.75) is 12.5 Å². The first-order valence-electron chi connectivity index (χ1n) is 3.09. The second-order valence-electron chi connectivity index (χ2n) is 2.16. The van der Waals surface area contributed by atoms with Crippen molar-refractivity contribution in [1.29, 1.82) is 0 Å². The smallest absolute Gasteiger partial charge is 0.326 e. The summed E-state index contributed by atoms with van der Waals surface area (Å²) >= 11 is 0. The zero-order valence-corrected chi connectivity index (χ0v) is 6.28. The Morgan fingerprint density at radius 3 is 2.25 bits per heavy atom. The van der Waals surface area contributed by atoms with Crippen molar-refractivity contribution in [2.75, 3.05) is 0 Å². The first-order valence-corrected chi connectivity index (χ1v) is 3.09. The molecule has 0 rings (SSSR count). The fourth-order valence-electron chi connectivity index (χ4n) is 0.598. The second kappa shape index (κ2) is 4.22. The maximum atomic E-state index is 10.3. The molecule has 0 radical (unpaired) electrons. The molecule has 0 unspecified atom stereocenters. The maximum Gasteiger partial charge on any atom is 0.326 e. The molecular formula is C6H10N2O4. The van der Waals surface area contributed by atoms with Gasteiger partial charge in [-0.2, -0.15) is 0 Å². The highest BCUT2D eigenvalue weighted by Gasteiger charge is 2.20. The quantitative estimate of drug-likeness (QED) is 0.422. The Balaban J connectivity index is 4.14. The topological polar surface area (TPSA) is 113 Å². The molecular weight excluding hydrogens is 164 g/mol. The van der Waals surface area contributed by atoms with E-state index in [2.05, 4.69) is 11.9 Å². The third-order valence-electron chi connectivity index (χ3n) is 1.04. The molecule has 1 atom stereocenters. The molecule has 0 fully saturated rings. The van der Waals surface area contributed by atoms with Crippen LogP contribution in [0.5, 0.6) is 0 Å². The van der Waals surface area contributed by atoms with Crippen LogP contribution in [0.4, 0.5) is 0 Å². The van der Waals surface area contributed by atoms with E-state index in [-0.39, 0.29) is 5.82 Å². The number of carboxylic acid groups (broad SMARTS) is 2. The highest BCUT2D eigenvalue weighted by Crippen LogP contribution is 1.93. The molecule has 12 heavy (non-hydrogen) atoms. The Hall–Kier alpha value is -1.72. The van der Waals surface area contributed by atoms with Gasteiger partial charge in [0.25, 0.3) is 0 Å². The van der Waals surface area contributed by atoms with Crippen LogP contribution in [-0.4, -0.2) is 28.2 Å². The Labute approximate surface area is 68.7 Å². The number of hydrogen-bond donors (Lipinski definition) is 4. The average Bonchev–Trinajstić information content (AvgIpc) is 1.83. The van der Waals surface area contributed by atoms with Crippen molar-refractivity contribution in [3.05, 3.63) is 12.4 Å². The number of hydrogen-bond acceptors (Lipinski definition) is 4. The zero-order chi connectivity index (χ0) is 9.72. The van der Waals surface area contributed by atoms with Gasteiger partial charge in [0, 0.05) is 0 Å². The van der Waals surface area contributed by atoms with E-state index in [0.29, 0.717) is 0 Å². The SMILES string of the molecule is C=C(N)N[C@@H](CC(=O)O)C(=O)O. The molecule has 0 saturated carbocycles. The van der Waals surface area contributed by atoms with Gasteiger partial charge in [-0.25, -0.2) is 4.79 Å². The van der Waals surface area contributed by atoms with Gasteiger partial charge < -0.3 is 21.3 Å². The van der Waals surface area contributed by atoms with Crippen LogP contribution < -0.4 is 11.1 Å². The van der Waals surface area contributed by atoms with Crippen molar-refractivity contribution in [1.82, 2.24) is 5.32 Å². The highest BCUT2D eigenvalue weighted by molar-refractivity contribution is 5.80. The minimum absolute atomic E-state index is 0.0661. The first-order chi connectivity index (χ1) is 5.43. The van der Waals surface area contributed by atoms with E-state index in [1.165, 1.54) is 0 Å². The Morgan fingerprint density at radius 2 is 2.00 bits per heavy atom. The van der Waals surface area contributed by atoms with Crippen LogP contribution in [-0.2, 0) is 9.59 Å². The normalized spacial score (nSPS) is 11.7. The lowest BCUT2D eigenvalue weighted by Gasteiger charge is -2.12. The minimum atomic E-state index is -1.27. The molecule has 0 amide bonds. The molecule has 5 N–H and O–H groups in total. The summed E-state index contributed by atoms with van der Waals surface area (Å²) in [6, 6.07) is -1.22. The molecule has 6 heteroatoms. The molecule has 0 spiro atoms. The predicted octanol–water partition coefficient (Wildman–Crippen LogP) is -1.07. The average molecular weight is 174 g/mol. The van der Waals surface area contributed by atoms with Crippen LogP contribution in [0, 0.1) is 0 Å². The number of nitrogens with two attached hydrogens (primary N) is 1. The van der Waals surface area contributed by atoms with Gasteiger partial charge in [0.15, 0.2) is 0 Å². The van der Waals surface area contributed by atoms with Gasteiger partial charge in [-0.05, 0) is 0 Å². The summed E-state index contributed by atoms with van der Waals surface area (Å²) in [7, 11) is 0. The molecule has 0 saturated heterocycles. The lowest BCUT2D eigenvalue weighted by molar-refractivity contribution is -0.145. The summed E-state index contributed by atoms with van der Waals surface area (Å²) in [5, 5.41) is 18.9. The number of carboxylic acids is 2. The van der Waals surface area contributed by atoms with E-state index in [4.69, 9.17) is 15.9 Å². The summed E-state index contributed by atoms with van der Waals surface area (Å²) in [5.41, 5.74) is 5.04. The van der Waals surface area contributed by atoms with Gasteiger partial charge in [-0.3, -0.25) is 4.79 Å². The van der Waals surface area contributed by atoms with E-state index in [1.54, 1.807) is 0 Å². The Morgan fingerprint density at radius 1 is 1.50 bits per heavy atom. The Kier molecular flexibility index (Phi) is 3.61. The molecule has 0 aromatic heterocycles. The Bertz CT molecular complexity index is 198. The van der Waals surface area contributed by atoms with Gasteiger partial charge >= 0.3 is 11.9 Å². The number of rotatable bonds is 5. The summed E-state index contributed by atoms with van der Waals surface area (Å²) in [4.78, 5) is 20.5. The molecule has 0 aromatic carbocycles. The van der Waals surface area contributed by atoms with E-state index in [9.17, 15) is 9.59 Å². The minimum Gasteiger partial charge on any atom is -0.481 e. The molecule has 6 nitrogen and oxygen atoms in total. The second-order valence-corrected chi connectivity index (χ2v) is 2.16. The summed E-state index contributed by atoms with van der Waals surface area (Å²) in [5.74, 6) is -2.55. The van der Waals surface area contributed by atoms with Gasteiger partial charge in [0.2, 0.25) is 0 Å². The van der Waals surface area contributed by atoms with Crippen molar-refractivity contribution in [2.24, 2.45) is 5.73 Å². The highest BCUT2D eigenvalue weighted by atomic mass is 16.4. The number of nitrogens with one attached hydrogen (secondary N) is 1. The summed E-state index contributed by atoms with van der Waals surface area (Å²) < 4.78 is 0. The summed E-state index contributed by atoms with van der Waals surface area (Å²) in [6.45, 7) is 3.20. The van der Waals surface area contributed by atoms with E-state index in [1.807, 2.05) is 0 Å². The fraction of sp³-hybridized carbons (Fsp3) is 0.333. The zero-order valence-electron chi connectivity index (χ0n) is 6.28. The predicted molar refractivity (Wildman–Crippen MR) is 40.1 cm³/mol. The lowest BCUT2D eigenvalue weighted by Crippen LogP contribution is -2.39. The third kappa shape index (κ3) is 4.15. The van der Waals surface area contributed by atoms with Crippen molar-refractivity contribution < 1.29 is 19.8 Å². The van der Waals surface area contributed by atoms with Crippen LogP contribution in [0.3, 0.4) is 0 Å². The maximum absolute atomic E-state index is 10.3. The standard InChI is InChI=1S/C6H10N2O4/c1-3(7)8-4(6(11)12)2-5(9)10/h4,8H,1-2,7H2,(H,9,10)(H,11,12)/t4-/m0/s1.